The number of rotatable bonds is 8. The van der Waals surface area contributed by atoms with Crippen molar-refractivity contribution in [2.45, 2.75) is 50.9 Å². The van der Waals surface area contributed by atoms with E-state index in [9.17, 15) is 22.8 Å². The van der Waals surface area contributed by atoms with Crippen molar-refractivity contribution >= 4 is 39.8 Å². The molecule has 0 bridgehead atoms. The predicted molar refractivity (Wildman–Crippen MR) is 185 cm³/mol. The SMILES string of the molecule is COc1nc(-c2cccc(-c3cccc(Nc4nc(C(F)(F)F)cc5cnn(C)c(=O)c45)c3C)c2Cl)cc2c1C(NC[C@@H]1CCC(=O)N1)CC2. The number of carbonyl (C=O) groups is 1. The molecule has 0 saturated carbocycles. The average molecular weight is 704 g/mol. The Morgan fingerprint density at radius 3 is 2.54 bits per heavy atom. The highest BCUT2D eigenvalue weighted by atomic mass is 35.5. The second kappa shape index (κ2) is 13.0. The van der Waals surface area contributed by atoms with Crippen molar-refractivity contribution in [2.75, 3.05) is 19.0 Å². The number of nitrogens with zero attached hydrogens (tertiary/aromatic N) is 4. The van der Waals surface area contributed by atoms with Crippen LogP contribution < -0.4 is 26.2 Å². The molecule has 1 fully saturated rings. The Morgan fingerprint density at radius 1 is 1.04 bits per heavy atom. The van der Waals surface area contributed by atoms with Crippen LogP contribution in [0.15, 0.2) is 59.5 Å². The highest BCUT2D eigenvalue weighted by Crippen LogP contribution is 2.43. The van der Waals surface area contributed by atoms with Gasteiger partial charge in [-0.05, 0) is 61.1 Å². The molecule has 14 heteroatoms. The highest BCUT2D eigenvalue weighted by Gasteiger charge is 2.34. The Kier molecular flexibility index (Phi) is 8.73. The fourth-order valence-corrected chi connectivity index (χ4v) is 7.16. The number of carbonyl (C=O) groups excluding carboxylic acids is 1. The minimum Gasteiger partial charge on any atom is -0.481 e. The molecule has 1 aliphatic heterocycles. The number of pyridine rings is 2. The Bertz CT molecular complexity index is 2220. The Balaban J connectivity index is 1.23. The van der Waals surface area contributed by atoms with E-state index in [1.807, 2.05) is 37.3 Å². The van der Waals surface area contributed by atoms with E-state index in [4.69, 9.17) is 21.3 Å². The number of hydrogen-bond acceptors (Lipinski definition) is 8. The number of alkyl halides is 3. The molecule has 1 amide bonds. The van der Waals surface area contributed by atoms with Gasteiger partial charge in [-0.25, -0.2) is 14.6 Å². The van der Waals surface area contributed by atoms with Crippen LogP contribution in [0.2, 0.25) is 5.02 Å². The first-order valence-electron chi connectivity index (χ1n) is 16.1. The van der Waals surface area contributed by atoms with Crippen LogP contribution >= 0.6 is 11.6 Å². The lowest BCUT2D eigenvalue weighted by Gasteiger charge is -2.20. The number of ether oxygens (including phenoxy) is 1. The van der Waals surface area contributed by atoms with Crippen molar-refractivity contribution in [1.82, 2.24) is 30.4 Å². The van der Waals surface area contributed by atoms with Gasteiger partial charge in [0.25, 0.3) is 5.56 Å². The Morgan fingerprint density at radius 2 is 1.80 bits per heavy atom. The Hall–Kier alpha value is -5.01. The summed E-state index contributed by atoms with van der Waals surface area (Å²) in [5.74, 6) is 0.359. The van der Waals surface area contributed by atoms with Gasteiger partial charge in [0, 0.05) is 59.9 Å². The summed E-state index contributed by atoms with van der Waals surface area (Å²) in [4.78, 5) is 33.4. The third-order valence-corrected chi connectivity index (χ3v) is 9.83. The minimum absolute atomic E-state index is 0.0142. The number of anilines is 2. The zero-order valence-electron chi connectivity index (χ0n) is 27.4. The summed E-state index contributed by atoms with van der Waals surface area (Å²) in [5.41, 5.74) is 4.25. The van der Waals surface area contributed by atoms with Crippen LogP contribution in [0.4, 0.5) is 24.7 Å². The van der Waals surface area contributed by atoms with Crippen molar-refractivity contribution in [3.05, 3.63) is 92.5 Å². The second-order valence-corrected chi connectivity index (χ2v) is 12.9. The number of aromatic nitrogens is 4. The lowest BCUT2D eigenvalue weighted by atomic mass is 9.96. The van der Waals surface area contributed by atoms with Crippen molar-refractivity contribution in [2.24, 2.45) is 7.05 Å². The van der Waals surface area contributed by atoms with E-state index in [0.29, 0.717) is 51.9 Å². The number of hydrogen-bond donors (Lipinski definition) is 3. The smallest absolute Gasteiger partial charge is 0.433 e. The minimum atomic E-state index is -4.74. The van der Waals surface area contributed by atoms with Crippen LogP contribution in [0.1, 0.15) is 47.7 Å². The highest BCUT2D eigenvalue weighted by molar-refractivity contribution is 6.36. The van der Waals surface area contributed by atoms with E-state index < -0.39 is 17.4 Å². The molecule has 3 N–H and O–H groups in total. The summed E-state index contributed by atoms with van der Waals surface area (Å²) >= 11 is 7.12. The molecule has 50 heavy (non-hydrogen) atoms. The summed E-state index contributed by atoms with van der Waals surface area (Å²) in [5, 5.41) is 13.9. The van der Waals surface area contributed by atoms with Crippen LogP contribution in [0.25, 0.3) is 33.2 Å². The molecule has 7 rings (SSSR count). The molecule has 3 aromatic heterocycles. The van der Waals surface area contributed by atoms with E-state index in [2.05, 4.69) is 26.0 Å². The lowest BCUT2D eigenvalue weighted by molar-refractivity contribution is -0.141. The first-order chi connectivity index (χ1) is 23.9. The molecule has 258 valence electrons. The molecule has 0 spiro atoms. The van der Waals surface area contributed by atoms with Gasteiger partial charge in [0.1, 0.15) is 11.5 Å². The van der Waals surface area contributed by atoms with E-state index in [-0.39, 0.29) is 34.6 Å². The van der Waals surface area contributed by atoms with Gasteiger partial charge in [-0.15, -0.1) is 0 Å². The standard InChI is InChI=1S/C36H33ClF3N7O3/c1-18-22(6-5-9-25(18)44-33-31-20(16-42-47(2)35(31)49)15-28(46-33)36(38,39)40)23-7-4-8-24(32(23)37)27-14-19-10-12-26(30(19)34(45-27)50-3)41-17-21-11-13-29(48)43-21/h4-9,14-16,21,26,41H,10-13,17H2,1-3H3,(H,43,48)(H,44,46)/t21-,26?/m0/s1. The van der Waals surface area contributed by atoms with E-state index in [1.54, 1.807) is 19.2 Å². The van der Waals surface area contributed by atoms with Crippen LogP contribution in [0.3, 0.4) is 0 Å². The molecule has 10 nitrogen and oxygen atoms in total. The Labute approximate surface area is 290 Å². The molecule has 1 aliphatic carbocycles. The van der Waals surface area contributed by atoms with Gasteiger partial charge in [0.15, 0.2) is 0 Å². The summed E-state index contributed by atoms with van der Waals surface area (Å²) < 4.78 is 48.3. The fourth-order valence-electron chi connectivity index (χ4n) is 6.84. The van der Waals surface area contributed by atoms with Crippen molar-refractivity contribution in [3.8, 4) is 28.3 Å². The van der Waals surface area contributed by atoms with Crippen LogP contribution in [0, 0.1) is 6.92 Å². The van der Waals surface area contributed by atoms with Gasteiger partial charge in [0.2, 0.25) is 11.8 Å². The van der Waals surface area contributed by atoms with E-state index >= 15 is 0 Å². The third kappa shape index (κ3) is 6.15. The number of halogens is 4. The normalized spacial score (nSPS) is 17.2. The number of nitrogens with one attached hydrogen (secondary N) is 3. The van der Waals surface area contributed by atoms with Crippen molar-refractivity contribution in [3.63, 3.8) is 0 Å². The molecule has 2 aliphatic rings. The molecular weight excluding hydrogens is 671 g/mol. The third-order valence-electron chi connectivity index (χ3n) is 9.42. The van der Waals surface area contributed by atoms with E-state index in [1.165, 1.54) is 13.2 Å². The molecule has 2 aromatic carbocycles. The first-order valence-corrected chi connectivity index (χ1v) is 16.5. The molecule has 1 unspecified atom stereocenters. The number of methoxy groups -OCH3 is 1. The summed E-state index contributed by atoms with van der Waals surface area (Å²) in [6.07, 6.45) is -0.491. The first kappa shape index (κ1) is 33.5. The topological polar surface area (TPSA) is 123 Å². The quantitative estimate of drug-likeness (QED) is 0.164. The summed E-state index contributed by atoms with van der Waals surface area (Å²) in [6.45, 7) is 2.48. The largest absolute Gasteiger partial charge is 0.481 e. The maximum absolute atomic E-state index is 13.8. The van der Waals surface area contributed by atoms with Crippen LogP contribution in [-0.4, -0.2) is 45.4 Å². The molecule has 0 radical (unpaired) electrons. The van der Waals surface area contributed by atoms with Gasteiger partial charge in [0.05, 0.1) is 29.4 Å². The lowest BCUT2D eigenvalue weighted by Crippen LogP contribution is -2.36. The zero-order chi connectivity index (χ0) is 35.3. The zero-order valence-corrected chi connectivity index (χ0v) is 28.2. The van der Waals surface area contributed by atoms with E-state index in [0.717, 1.165) is 46.7 Å². The molecule has 2 atom stereocenters. The van der Waals surface area contributed by atoms with Crippen molar-refractivity contribution < 1.29 is 22.7 Å². The summed E-state index contributed by atoms with van der Waals surface area (Å²) in [7, 11) is 3.01. The number of amides is 1. The maximum Gasteiger partial charge on any atom is 0.433 e. The number of aryl methyl sites for hydroxylation is 2. The maximum atomic E-state index is 13.8. The number of fused-ring (bicyclic) bond motifs is 2. The monoisotopic (exact) mass is 703 g/mol. The molecule has 5 aromatic rings. The van der Waals surface area contributed by atoms with Crippen LogP contribution in [-0.2, 0) is 24.4 Å². The second-order valence-electron chi connectivity index (χ2n) is 12.6. The molecule has 1 saturated heterocycles. The average Bonchev–Trinajstić information content (AvgIpc) is 3.71. The van der Waals surface area contributed by atoms with Gasteiger partial charge in [-0.1, -0.05) is 41.9 Å². The molecule has 4 heterocycles. The van der Waals surface area contributed by atoms with Gasteiger partial charge >= 0.3 is 6.18 Å². The van der Waals surface area contributed by atoms with Gasteiger partial charge < -0.3 is 20.7 Å². The van der Waals surface area contributed by atoms with Crippen molar-refractivity contribution in [1.29, 1.82) is 0 Å². The summed E-state index contributed by atoms with van der Waals surface area (Å²) in [6, 6.07) is 13.9. The molecular formula is C36H33ClF3N7O3. The fraction of sp³-hybridized carbons (Fsp3) is 0.306. The van der Waals surface area contributed by atoms with Gasteiger partial charge in [-0.3, -0.25) is 9.59 Å². The number of benzene rings is 2. The predicted octanol–water partition coefficient (Wildman–Crippen LogP) is 6.65. The van der Waals surface area contributed by atoms with Gasteiger partial charge in [-0.2, -0.15) is 18.3 Å². The van der Waals surface area contributed by atoms with Crippen LogP contribution in [0.5, 0.6) is 5.88 Å².